The molecular formula is C17H24N2O2. The van der Waals surface area contributed by atoms with Crippen molar-refractivity contribution in [2.75, 3.05) is 19.7 Å². The molecular weight excluding hydrogens is 264 g/mol. The normalized spacial score (nSPS) is 24.3. The third kappa shape index (κ3) is 4.20. The third-order valence-corrected chi connectivity index (χ3v) is 3.58. The van der Waals surface area contributed by atoms with E-state index in [1.807, 2.05) is 24.3 Å². The third-order valence-electron chi connectivity index (χ3n) is 3.58. The summed E-state index contributed by atoms with van der Waals surface area (Å²) in [5.74, 6) is 0.837. The fraction of sp³-hybridized carbons (Fsp3) is 0.588. The first-order valence-electron chi connectivity index (χ1n) is 7.66. The number of ether oxygens (including phenoxy) is 2. The Labute approximate surface area is 127 Å². The van der Waals surface area contributed by atoms with Crippen LogP contribution < -0.4 is 4.74 Å². The average molecular weight is 288 g/mol. The number of hydrogen-bond acceptors (Lipinski definition) is 4. The molecule has 1 aromatic rings. The van der Waals surface area contributed by atoms with Gasteiger partial charge in [-0.05, 0) is 38.0 Å². The minimum atomic E-state index is -0.246. The van der Waals surface area contributed by atoms with Crippen molar-refractivity contribution in [3.8, 4) is 11.8 Å². The van der Waals surface area contributed by atoms with Crippen molar-refractivity contribution in [1.82, 2.24) is 4.90 Å². The van der Waals surface area contributed by atoms with Gasteiger partial charge in [-0.1, -0.05) is 19.1 Å². The van der Waals surface area contributed by atoms with E-state index in [1.54, 1.807) is 0 Å². The second-order valence-corrected chi connectivity index (χ2v) is 5.66. The van der Waals surface area contributed by atoms with Gasteiger partial charge >= 0.3 is 0 Å². The summed E-state index contributed by atoms with van der Waals surface area (Å²) in [5, 5.41) is 9.60. The Bertz CT molecular complexity index is 488. The zero-order valence-electron chi connectivity index (χ0n) is 13.1. The lowest BCUT2D eigenvalue weighted by atomic mass is 10.0. The monoisotopic (exact) mass is 288 g/mol. The molecule has 0 aromatic heterocycles. The molecule has 3 unspecified atom stereocenters. The van der Waals surface area contributed by atoms with Crippen LogP contribution in [0, 0.1) is 11.3 Å². The van der Waals surface area contributed by atoms with Crippen LogP contribution in [0.3, 0.4) is 0 Å². The van der Waals surface area contributed by atoms with Crippen LogP contribution in [0.4, 0.5) is 0 Å². The van der Waals surface area contributed by atoms with Gasteiger partial charge < -0.3 is 9.47 Å². The maximum atomic E-state index is 9.60. The molecule has 0 bridgehead atoms. The van der Waals surface area contributed by atoms with Gasteiger partial charge in [-0.15, -0.1) is 0 Å². The van der Waals surface area contributed by atoms with Gasteiger partial charge in [-0.2, -0.15) is 5.26 Å². The number of nitriles is 1. The zero-order chi connectivity index (χ0) is 15.2. The molecule has 0 N–H and O–H groups in total. The average Bonchev–Trinajstić information content (AvgIpc) is 2.45. The van der Waals surface area contributed by atoms with Crippen LogP contribution in [0.5, 0.6) is 5.75 Å². The fourth-order valence-corrected chi connectivity index (χ4v) is 2.79. The molecule has 21 heavy (non-hydrogen) atoms. The van der Waals surface area contributed by atoms with Crippen LogP contribution in [0.25, 0.3) is 0 Å². The Kier molecular flexibility index (Phi) is 5.60. The van der Waals surface area contributed by atoms with Gasteiger partial charge in [0, 0.05) is 13.1 Å². The highest BCUT2D eigenvalue weighted by Gasteiger charge is 2.29. The first-order chi connectivity index (χ1) is 10.1. The Hall–Kier alpha value is -1.57. The summed E-state index contributed by atoms with van der Waals surface area (Å²) >= 11 is 0. The van der Waals surface area contributed by atoms with Crippen molar-refractivity contribution in [1.29, 1.82) is 5.26 Å². The first-order valence-corrected chi connectivity index (χ1v) is 7.66. The van der Waals surface area contributed by atoms with Crippen LogP contribution in [0.2, 0.25) is 0 Å². The van der Waals surface area contributed by atoms with Gasteiger partial charge in [0.1, 0.15) is 11.8 Å². The fourth-order valence-electron chi connectivity index (χ4n) is 2.79. The summed E-state index contributed by atoms with van der Waals surface area (Å²) in [5.41, 5.74) is 0.993. The molecule has 114 valence electrons. The van der Waals surface area contributed by atoms with E-state index in [4.69, 9.17) is 9.47 Å². The van der Waals surface area contributed by atoms with Crippen LogP contribution >= 0.6 is 0 Å². The van der Waals surface area contributed by atoms with Crippen molar-refractivity contribution < 1.29 is 9.47 Å². The molecule has 0 saturated carbocycles. The SMILES string of the molecule is CCCOc1cccc(C(C#N)N2CC(C)OC(C)C2)c1. The minimum Gasteiger partial charge on any atom is -0.494 e. The Morgan fingerprint density at radius 3 is 2.71 bits per heavy atom. The van der Waals surface area contributed by atoms with Crippen molar-refractivity contribution in [3.63, 3.8) is 0 Å². The van der Waals surface area contributed by atoms with E-state index in [2.05, 4.69) is 31.7 Å². The number of nitrogens with zero attached hydrogens (tertiary/aromatic N) is 2. The summed E-state index contributed by atoms with van der Waals surface area (Å²) in [6.07, 6.45) is 1.29. The molecule has 0 aliphatic carbocycles. The molecule has 1 fully saturated rings. The standard InChI is InChI=1S/C17H24N2O2/c1-4-8-20-16-7-5-6-15(9-16)17(10-18)19-11-13(2)21-14(3)12-19/h5-7,9,13-14,17H,4,8,11-12H2,1-3H3. The van der Waals surface area contributed by atoms with Gasteiger partial charge in [0.25, 0.3) is 0 Å². The molecule has 1 heterocycles. The van der Waals surface area contributed by atoms with E-state index in [-0.39, 0.29) is 18.2 Å². The first kappa shape index (κ1) is 15.8. The zero-order valence-corrected chi connectivity index (χ0v) is 13.1. The van der Waals surface area contributed by atoms with Crippen molar-refractivity contribution >= 4 is 0 Å². The maximum absolute atomic E-state index is 9.60. The Morgan fingerprint density at radius 1 is 1.38 bits per heavy atom. The number of morpholine rings is 1. The highest BCUT2D eigenvalue weighted by atomic mass is 16.5. The smallest absolute Gasteiger partial charge is 0.124 e. The molecule has 0 spiro atoms. The summed E-state index contributed by atoms with van der Waals surface area (Å²) in [6.45, 7) is 8.45. The van der Waals surface area contributed by atoms with Crippen LogP contribution in [-0.2, 0) is 4.74 Å². The molecule has 1 aliphatic heterocycles. The molecule has 1 saturated heterocycles. The van der Waals surface area contributed by atoms with Gasteiger partial charge in [0.15, 0.2) is 0 Å². The summed E-state index contributed by atoms with van der Waals surface area (Å²) in [7, 11) is 0. The second-order valence-electron chi connectivity index (χ2n) is 5.66. The van der Waals surface area contributed by atoms with Crippen LogP contribution in [0.15, 0.2) is 24.3 Å². The van der Waals surface area contributed by atoms with Crippen molar-refractivity contribution in [2.24, 2.45) is 0 Å². The summed E-state index contributed by atoms with van der Waals surface area (Å²) < 4.78 is 11.4. The number of benzene rings is 1. The van der Waals surface area contributed by atoms with Gasteiger partial charge in [-0.3, -0.25) is 4.90 Å². The lowest BCUT2D eigenvalue weighted by Crippen LogP contribution is -2.46. The van der Waals surface area contributed by atoms with E-state index >= 15 is 0 Å². The quantitative estimate of drug-likeness (QED) is 0.835. The molecule has 3 atom stereocenters. The van der Waals surface area contributed by atoms with Crippen LogP contribution in [0.1, 0.15) is 38.8 Å². The van der Waals surface area contributed by atoms with E-state index in [1.165, 1.54) is 0 Å². The molecule has 0 radical (unpaired) electrons. The minimum absolute atomic E-state index is 0.157. The molecule has 1 aliphatic rings. The molecule has 2 rings (SSSR count). The second kappa shape index (κ2) is 7.44. The Morgan fingerprint density at radius 2 is 2.10 bits per heavy atom. The van der Waals surface area contributed by atoms with Crippen molar-refractivity contribution in [3.05, 3.63) is 29.8 Å². The molecule has 4 nitrogen and oxygen atoms in total. The van der Waals surface area contributed by atoms with E-state index in [0.717, 1.165) is 30.8 Å². The molecule has 1 aromatic carbocycles. The lowest BCUT2D eigenvalue weighted by Gasteiger charge is -2.37. The lowest BCUT2D eigenvalue weighted by molar-refractivity contribution is -0.0750. The highest BCUT2D eigenvalue weighted by molar-refractivity contribution is 5.33. The highest BCUT2D eigenvalue weighted by Crippen LogP contribution is 2.27. The predicted octanol–water partition coefficient (Wildman–Crippen LogP) is 3.15. The molecule has 0 amide bonds. The van der Waals surface area contributed by atoms with Gasteiger partial charge in [-0.25, -0.2) is 0 Å². The number of hydrogen-bond donors (Lipinski definition) is 0. The topological polar surface area (TPSA) is 45.5 Å². The maximum Gasteiger partial charge on any atom is 0.124 e. The number of rotatable bonds is 5. The van der Waals surface area contributed by atoms with E-state index < -0.39 is 0 Å². The van der Waals surface area contributed by atoms with Gasteiger partial charge in [0.05, 0.1) is 24.9 Å². The van der Waals surface area contributed by atoms with E-state index in [9.17, 15) is 5.26 Å². The Balaban J connectivity index is 2.15. The summed E-state index contributed by atoms with van der Waals surface area (Å²) in [6, 6.07) is 10.1. The van der Waals surface area contributed by atoms with E-state index in [0.29, 0.717) is 6.61 Å². The summed E-state index contributed by atoms with van der Waals surface area (Å²) in [4.78, 5) is 2.19. The van der Waals surface area contributed by atoms with Crippen molar-refractivity contribution in [2.45, 2.75) is 45.4 Å². The predicted molar refractivity (Wildman–Crippen MR) is 82.2 cm³/mol. The largest absolute Gasteiger partial charge is 0.494 e. The van der Waals surface area contributed by atoms with Crippen LogP contribution in [-0.4, -0.2) is 36.8 Å². The van der Waals surface area contributed by atoms with Gasteiger partial charge in [0.2, 0.25) is 0 Å². The molecule has 4 heteroatoms.